The molecule has 1 aliphatic rings. The molecule has 3 unspecified atom stereocenters. The van der Waals surface area contributed by atoms with Crippen LogP contribution in [0.5, 0.6) is 0 Å². The minimum absolute atomic E-state index is 0.0742. The Morgan fingerprint density at radius 2 is 2.21 bits per heavy atom. The Hall–Kier alpha value is -0.610. The van der Waals surface area contributed by atoms with Gasteiger partial charge in [-0.15, -0.1) is 0 Å². The number of hydrogen-bond donors (Lipinski definition) is 1. The Balaban J connectivity index is 2.10. The minimum Gasteiger partial charge on any atom is -0.379 e. The molecule has 19 heavy (non-hydrogen) atoms. The Morgan fingerprint density at radius 3 is 2.84 bits per heavy atom. The highest BCUT2D eigenvalue weighted by molar-refractivity contribution is 9.10. The molecule has 2 nitrogen and oxygen atoms in total. The SMILES string of the molecule is CCOC1CC(Nc2cc(Br)ccc2F)C1(C)CC. The second-order valence-corrected chi connectivity index (χ2v) is 6.28. The normalized spacial score (nSPS) is 29.9. The largest absolute Gasteiger partial charge is 0.379 e. The molecule has 0 aromatic heterocycles. The van der Waals surface area contributed by atoms with Crippen LogP contribution in [0.1, 0.15) is 33.6 Å². The van der Waals surface area contributed by atoms with Crippen LogP contribution in [-0.2, 0) is 4.74 Å². The fourth-order valence-electron chi connectivity index (χ4n) is 2.77. The first-order valence-corrected chi connectivity index (χ1v) is 7.63. The van der Waals surface area contributed by atoms with E-state index in [2.05, 4.69) is 35.1 Å². The van der Waals surface area contributed by atoms with Crippen molar-refractivity contribution in [3.63, 3.8) is 0 Å². The smallest absolute Gasteiger partial charge is 0.146 e. The Kier molecular flexibility index (Phi) is 4.51. The summed E-state index contributed by atoms with van der Waals surface area (Å²) in [7, 11) is 0. The Morgan fingerprint density at radius 1 is 1.47 bits per heavy atom. The zero-order valence-corrected chi connectivity index (χ0v) is 13.3. The third-order valence-corrected chi connectivity index (χ3v) is 4.86. The van der Waals surface area contributed by atoms with Crippen LogP contribution < -0.4 is 5.32 Å². The zero-order chi connectivity index (χ0) is 14.0. The van der Waals surface area contributed by atoms with Gasteiger partial charge in [-0.2, -0.15) is 0 Å². The maximum atomic E-state index is 13.8. The van der Waals surface area contributed by atoms with E-state index in [1.165, 1.54) is 6.07 Å². The van der Waals surface area contributed by atoms with Crippen molar-refractivity contribution in [2.45, 2.75) is 45.8 Å². The lowest BCUT2D eigenvalue weighted by molar-refractivity contribution is -0.109. The van der Waals surface area contributed by atoms with Crippen molar-refractivity contribution in [2.24, 2.45) is 5.41 Å². The molecule has 0 spiro atoms. The molecule has 106 valence electrons. The van der Waals surface area contributed by atoms with Gasteiger partial charge in [0.15, 0.2) is 0 Å². The monoisotopic (exact) mass is 329 g/mol. The molecular formula is C15H21BrFNO. The summed E-state index contributed by atoms with van der Waals surface area (Å²) in [5.41, 5.74) is 0.638. The van der Waals surface area contributed by atoms with Gasteiger partial charge in [0.25, 0.3) is 0 Å². The molecule has 0 bridgehead atoms. The lowest BCUT2D eigenvalue weighted by atomic mass is 9.61. The summed E-state index contributed by atoms with van der Waals surface area (Å²) in [4.78, 5) is 0. The van der Waals surface area contributed by atoms with Crippen LogP contribution in [0.4, 0.5) is 10.1 Å². The molecule has 1 fully saturated rings. The van der Waals surface area contributed by atoms with E-state index in [-0.39, 0.29) is 23.4 Å². The number of halogens is 2. The maximum absolute atomic E-state index is 13.8. The number of hydrogen-bond acceptors (Lipinski definition) is 2. The van der Waals surface area contributed by atoms with Crippen molar-refractivity contribution in [3.05, 3.63) is 28.5 Å². The fraction of sp³-hybridized carbons (Fsp3) is 0.600. The molecule has 0 saturated heterocycles. The highest BCUT2D eigenvalue weighted by Gasteiger charge is 2.51. The van der Waals surface area contributed by atoms with Crippen molar-refractivity contribution in [3.8, 4) is 0 Å². The number of benzene rings is 1. The van der Waals surface area contributed by atoms with Crippen molar-refractivity contribution in [1.29, 1.82) is 0 Å². The highest BCUT2D eigenvalue weighted by Crippen LogP contribution is 2.47. The highest BCUT2D eigenvalue weighted by atomic mass is 79.9. The van der Waals surface area contributed by atoms with E-state index in [1.807, 2.05) is 6.92 Å². The van der Waals surface area contributed by atoms with Gasteiger partial charge in [0.2, 0.25) is 0 Å². The van der Waals surface area contributed by atoms with Crippen LogP contribution in [-0.4, -0.2) is 18.8 Å². The van der Waals surface area contributed by atoms with Crippen LogP contribution in [0.3, 0.4) is 0 Å². The second-order valence-electron chi connectivity index (χ2n) is 5.36. The average Bonchev–Trinajstić information content (AvgIpc) is 2.40. The van der Waals surface area contributed by atoms with E-state index in [0.717, 1.165) is 23.9 Å². The van der Waals surface area contributed by atoms with Gasteiger partial charge in [0.1, 0.15) is 5.82 Å². The van der Waals surface area contributed by atoms with Gasteiger partial charge in [-0.3, -0.25) is 0 Å². The molecule has 1 N–H and O–H groups in total. The summed E-state index contributed by atoms with van der Waals surface area (Å²) in [6, 6.07) is 5.25. The van der Waals surface area contributed by atoms with Gasteiger partial charge < -0.3 is 10.1 Å². The van der Waals surface area contributed by atoms with Gasteiger partial charge in [-0.1, -0.05) is 29.8 Å². The first kappa shape index (κ1) is 14.8. The summed E-state index contributed by atoms with van der Waals surface area (Å²) in [6.07, 6.45) is 2.23. The van der Waals surface area contributed by atoms with Crippen molar-refractivity contribution in [2.75, 3.05) is 11.9 Å². The second kappa shape index (κ2) is 5.80. The lowest BCUT2D eigenvalue weighted by Gasteiger charge is -2.53. The van der Waals surface area contributed by atoms with E-state index >= 15 is 0 Å². The quantitative estimate of drug-likeness (QED) is 0.852. The molecule has 1 saturated carbocycles. The predicted octanol–water partition coefficient (Wildman–Crippen LogP) is 4.59. The molecule has 0 aliphatic heterocycles. The Labute approximate surface area is 122 Å². The average molecular weight is 330 g/mol. The number of anilines is 1. The molecule has 1 aromatic carbocycles. The number of nitrogens with one attached hydrogen (secondary N) is 1. The van der Waals surface area contributed by atoms with Crippen LogP contribution in [0, 0.1) is 11.2 Å². The summed E-state index contributed by atoms with van der Waals surface area (Å²) < 4.78 is 20.4. The van der Waals surface area contributed by atoms with Gasteiger partial charge in [-0.25, -0.2) is 4.39 Å². The lowest BCUT2D eigenvalue weighted by Crippen LogP contribution is -2.59. The van der Waals surface area contributed by atoms with E-state index < -0.39 is 0 Å². The van der Waals surface area contributed by atoms with Crippen molar-refractivity contribution < 1.29 is 9.13 Å². The van der Waals surface area contributed by atoms with Crippen LogP contribution >= 0.6 is 15.9 Å². The van der Waals surface area contributed by atoms with Crippen LogP contribution in [0.25, 0.3) is 0 Å². The topological polar surface area (TPSA) is 21.3 Å². The molecule has 0 amide bonds. The van der Waals surface area contributed by atoms with E-state index in [1.54, 1.807) is 12.1 Å². The van der Waals surface area contributed by atoms with E-state index in [9.17, 15) is 4.39 Å². The summed E-state index contributed by atoms with van der Waals surface area (Å²) >= 11 is 3.38. The van der Waals surface area contributed by atoms with E-state index in [4.69, 9.17) is 4.74 Å². The molecule has 4 heteroatoms. The third kappa shape index (κ3) is 2.79. The molecular weight excluding hydrogens is 309 g/mol. The molecule has 3 atom stereocenters. The zero-order valence-electron chi connectivity index (χ0n) is 11.7. The minimum atomic E-state index is -0.207. The fourth-order valence-corrected chi connectivity index (χ4v) is 3.13. The standard InChI is InChI=1S/C15H21BrFNO/c1-4-15(3)13(9-14(15)19-5-2)18-12-8-10(16)6-7-11(12)17/h6-8,13-14,18H,4-5,9H2,1-3H3. The predicted molar refractivity (Wildman–Crippen MR) is 79.9 cm³/mol. The van der Waals surface area contributed by atoms with Gasteiger partial charge in [-0.05, 0) is 38.0 Å². The molecule has 2 rings (SSSR count). The summed E-state index contributed by atoms with van der Waals surface area (Å²) in [6.45, 7) is 7.13. The number of ether oxygens (including phenoxy) is 1. The van der Waals surface area contributed by atoms with Gasteiger partial charge in [0.05, 0.1) is 11.8 Å². The van der Waals surface area contributed by atoms with Gasteiger partial charge in [0, 0.05) is 22.5 Å². The van der Waals surface area contributed by atoms with Crippen molar-refractivity contribution in [1.82, 2.24) is 0 Å². The first-order chi connectivity index (χ1) is 9.01. The van der Waals surface area contributed by atoms with Gasteiger partial charge >= 0.3 is 0 Å². The van der Waals surface area contributed by atoms with Crippen LogP contribution in [0.2, 0.25) is 0 Å². The molecule has 0 heterocycles. The molecule has 0 radical (unpaired) electrons. The van der Waals surface area contributed by atoms with Crippen molar-refractivity contribution >= 4 is 21.6 Å². The Bertz CT molecular complexity index is 454. The molecule has 1 aliphatic carbocycles. The third-order valence-electron chi connectivity index (χ3n) is 4.37. The van der Waals surface area contributed by atoms with Crippen LogP contribution in [0.15, 0.2) is 22.7 Å². The first-order valence-electron chi connectivity index (χ1n) is 6.84. The summed E-state index contributed by atoms with van der Waals surface area (Å²) in [5.74, 6) is -0.207. The van der Waals surface area contributed by atoms with E-state index in [0.29, 0.717) is 5.69 Å². The molecule has 1 aromatic rings. The number of rotatable bonds is 5. The maximum Gasteiger partial charge on any atom is 0.146 e. The summed E-state index contributed by atoms with van der Waals surface area (Å²) in [5, 5.41) is 3.33.